The van der Waals surface area contributed by atoms with Gasteiger partial charge in [0.2, 0.25) is 0 Å². The highest BCUT2D eigenvalue weighted by Crippen LogP contribution is 2.30. The molecule has 1 aromatic rings. The highest BCUT2D eigenvalue weighted by Gasteiger charge is 2.22. The molecule has 0 saturated heterocycles. The van der Waals surface area contributed by atoms with Crippen LogP contribution in [0.4, 0.5) is 4.79 Å². The number of carbonyl (C=O) groups excluding carboxylic acids is 1. The summed E-state index contributed by atoms with van der Waals surface area (Å²) in [7, 11) is 0. The van der Waals surface area contributed by atoms with E-state index in [9.17, 15) is 20.1 Å². The fourth-order valence-electron chi connectivity index (χ4n) is 1.76. The summed E-state index contributed by atoms with van der Waals surface area (Å²) in [6, 6.07) is 4.58. The van der Waals surface area contributed by atoms with Gasteiger partial charge in [-0.2, -0.15) is 0 Å². The molecule has 1 amide bonds. The molecule has 2 unspecified atom stereocenters. The zero-order valence-corrected chi connectivity index (χ0v) is 14.4. The number of hydrogen-bond donors (Lipinski definition) is 4. The fourth-order valence-corrected chi connectivity index (χ4v) is 2.14. The van der Waals surface area contributed by atoms with E-state index in [0.29, 0.717) is 4.47 Å². The van der Waals surface area contributed by atoms with Gasteiger partial charge in [-0.25, -0.2) is 4.79 Å². The van der Waals surface area contributed by atoms with Crippen molar-refractivity contribution in [1.82, 2.24) is 5.32 Å². The van der Waals surface area contributed by atoms with Gasteiger partial charge in [-0.15, -0.1) is 0 Å². The molecule has 0 aromatic heterocycles. The van der Waals surface area contributed by atoms with Gasteiger partial charge in [-0.05, 0) is 45.4 Å². The molecular formula is C15H22BrNO5. The van der Waals surface area contributed by atoms with Crippen molar-refractivity contribution in [3.63, 3.8) is 0 Å². The van der Waals surface area contributed by atoms with Crippen molar-refractivity contribution in [3.8, 4) is 5.75 Å². The third-order valence-corrected chi connectivity index (χ3v) is 3.27. The van der Waals surface area contributed by atoms with E-state index >= 15 is 0 Å². The van der Waals surface area contributed by atoms with E-state index in [4.69, 9.17) is 4.74 Å². The number of rotatable bonds is 5. The number of alkyl carbamates (subject to hydrolysis) is 1. The van der Waals surface area contributed by atoms with Gasteiger partial charge in [0, 0.05) is 16.6 Å². The zero-order valence-electron chi connectivity index (χ0n) is 12.8. The second kappa shape index (κ2) is 7.80. The molecule has 0 aliphatic heterocycles. The Labute approximate surface area is 138 Å². The summed E-state index contributed by atoms with van der Waals surface area (Å²) in [6.45, 7) is 5.39. The number of amides is 1. The molecule has 1 rings (SSSR count). The van der Waals surface area contributed by atoms with Crippen molar-refractivity contribution in [2.75, 3.05) is 6.54 Å². The summed E-state index contributed by atoms with van der Waals surface area (Å²) in [4.78, 5) is 11.5. The van der Waals surface area contributed by atoms with Gasteiger partial charge in [-0.1, -0.05) is 15.9 Å². The predicted octanol–water partition coefficient (Wildman–Crippen LogP) is 2.46. The lowest BCUT2D eigenvalue weighted by Gasteiger charge is -2.21. The second-order valence-corrected chi connectivity index (χ2v) is 6.85. The summed E-state index contributed by atoms with van der Waals surface area (Å²) in [6.07, 6.45) is -2.85. The van der Waals surface area contributed by atoms with E-state index in [1.54, 1.807) is 26.8 Å². The molecule has 0 saturated carbocycles. The van der Waals surface area contributed by atoms with Gasteiger partial charge in [0.15, 0.2) is 0 Å². The normalized spacial score (nSPS) is 14.3. The van der Waals surface area contributed by atoms with Crippen molar-refractivity contribution in [2.45, 2.75) is 45.0 Å². The van der Waals surface area contributed by atoms with Crippen LogP contribution in [-0.4, -0.2) is 39.7 Å². The van der Waals surface area contributed by atoms with Crippen LogP contribution >= 0.6 is 15.9 Å². The number of nitrogens with one attached hydrogen (secondary N) is 1. The molecule has 0 fully saturated rings. The Morgan fingerprint density at radius 3 is 2.59 bits per heavy atom. The molecule has 0 aliphatic carbocycles. The lowest BCUT2D eigenvalue weighted by atomic mass is 10.0. The molecule has 0 radical (unpaired) electrons. The smallest absolute Gasteiger partial charge is 0.407 e. The summed E-state index contributed by atoms with van der Waals surface area (Å²) in [5.41, 5.74) is -0.372. The minimum atomic E-state index is -1.25. The Kier molecular flexibility index (Phi) is 6.65. The van der Waals surface area contributed by atoms with Crippen molar-refractivity contribution in [2.24, 2.45) is 0 Å². The van der Waals surface area contributed by atoms with Crippen molar-refractivity contribution in [3.05, 3.63) is 28.2 Å². The summed E-state index contributed by atoms with van der Waals surface area (Å²) in [5, 5.41) is 32.2. The van der Waals surface area contributed by atoms with E-state index in [2.05, 4.69) is 21.2 Å². The third-order valence-electron chi connectivity index (χ3n) is 2.78. The topological polar surface area (TPSA) is 99.0 Å². The van der Waals surface area contributed by atoms with E-state index < -0.39 is 23.9 Å². The van der Waals surface area contributed by atoms with Crippen molar-refractivity contribution < 1.29 is 24.9 Å². The van der Waals surface area contributed by atoms with Crippen LogP contribution in [0.25, 0.3) is 0 Å². The number of aliphatic hydroxyl groups is 2. The van der Waals surface area contributed by atoms with Crippen LogP contribution in [0.2, 0.25) is 0 Å². The number of ether oxygens (including phenoxy) is 1. The second-order valence-electron chi connectivity index (χ2n) is 5.93. The Bertz CT molecular complexity index is 515. The van der Waals surface area contributed by atoms with Gasteiger partial charge < -0.3 is 25.4 Å². The molecule has 0 bridgehead atoms. The lowest BCUT2D eigenvalue weighted by molar-refractivity contribution is 0.0110. The molecule has 2 atom stereocenters. The predicted molar refractivity (Wildman–Crippen MR) is 85.6 cm³/mol. The Morgan fingerprint density at radius 2 is 2.00 bits per heavy atom. The molecule has 0 spiro atoms. The monoisotopic (exact) mass is 375 g/mol. The number of carbonyl (C=O) groups is 1. The summed E-state index contributed by atoms with van der Waals surface area (Å²) >= 11 is 3.24. The van der Waals surface area contributed by atoms with Crippen LogP contribution in [0.5, 0.6) is 5.75 Å². The maximum Gasteiger partial charge on any atom is 0.407 e. The zero-order chi connectivity index (χ0) is 16.9. The standard InChI is InChI=1S/C15H22BrNO5/c1-15(2,3)22-14(21)17-7-6-12(19)13(20)10-8-9(16)4-5-11(10)18/h4-5,8,12-13,18-20H,6-7H2,1-3H3,(H,17,21). The molecule has 6 nitrogen and oxygen atoms in total. The Balaban J connectivity index is 2.50. The minimum Gasteiger partial charge on any atom is -0.508 e. The molecule has 0 aliphatic rings. The molecule has 7 heteroatoms. The Morgan fingerprint density at radius 1 is 1.36 bits per heavy atom. The van der Waals surface area contributed by atoms with E-state index in [1.165, 1.54) is 12.1 Å². The number of aliphatic hydroxyl groups excluding tert-OH is 2. The third kappa shape index (κ3) is 6.21. The highest BCUT2D eigenvalue weighted by atomic mass is 79.9. The average Bonchev–Trinajstić information content (AvgIpc) is 2.38. The molecule has 22 heavy (non-hydrogen) atoms. The van der Waals surface area contributed by atoms with Gasteiger partial charge in [0.1, 0.15) is 17.5 Å². The van der Waals surface area contributed by atoms with Gasteiger partial charge >= 0.3 is 6.09 Å². The van der Waals surface area contributed by atoms with Crippen LogP contribution in [0.15, 0.2) is 22.7 Å². The quantitative estimate of drug-likeness (QED) is 0.633. The minimum absolute atomic E-state index is 0.102. The first-order valence-electron chi connectivity index (χ1n) is 6.91. The highest BCUT2D eigenvalue weighted by molar-refractivity contribution is 9.10. The van der Waals surface area contributed by atoms with Crippen molar-refractivity contribution in [1.29, 1.82) is 0 Å². The molecule has 1 aromatic carbocycles. The van der Waals surface area contributed by atoms with Gasteiger partial charge in [0.25, 0.3) is 0 Å². The first-order chi connectivity index (χ1) is 10.1. The first-order valence-corrected chi connectivity index (χ1v) is 7.71. The van der Waals surface area contributed by atoms with Gasteiger partial charge in [-0.3, -0.25) is 0 Å². The number of halogens is 1. The largest absolute Gasteiger partial charge is 0.508 e. The molecule has 4 N–H and O–H groups in total. The maximum atomic E-state index is 11.5. The lowest BCUT2D eigenvalue weighted by Crippen LogP contribution is -2.34. The number of phenols is 1. The van der Waals surface area contributed by atoms with Crippen LogP contribution < -0.4 is 5.32 Å². The summed E-state index contributed by atoms with van der Waals surface area (Å²) in [5.74, 6) is -0.102. The average molecular weight is 376 g/mol. The van der Waals surface area contributed by atoms with E-state index in [1.807, 2.05) is 0 Å². The van der Waals surface area contributed by atoms with E-state index in [-0.39, 0.29) is 24.3 Å². The van der Waals surface area contributed by atoms with Crippen LogP contribution in [0.1, 0.15) is 38.9 Å². The van der Waals surface area contributed by atoms with Crippen LogP contribution in [0.3, 0.4) is 0 Å². The maximum absolute atomic E-state index is 11.5. The van der Waals surface area contributed by atoms with Crippen molar-refractivity contribution >= 4 is 22.0 Å². The SMILES string of the molecule is CC(C)(C)OC(=O)NCCC(O)C(O)c1cc(Br)ccc1O. The fraction of sp³-hybridized carbons (Fsp3) is 0.533. The number of hydrogen-bond acceptors (Lipinski definition) is 5. The van der Waals surface area contributed by atoms with Gasteiger partial charge in [0.05, 0.1) is 6.10 Å². The molecule has 0 heterocycles. The van der Waals surface area contributed by atoms with Crippen LogP contribution in [-0.2, 0) is 4.74 Å². The molecular weight excluding hydrogens is 354 g/mol. The Hall–Kier alpha value is -1.31. The van der Waals surface area contributed by atoms with E-state index in [0.717, 1.165) is 0 Å². The summed E-state index contributed by atoms with van der Waals surface area (Å²) < 4.78 is 5.74. The number of phenolic OH excluding ortho intramolecular Hbond substituents is 1. The number of benzene rings is 1. The first kappa shape index (κ1) is 18.7. The number of aromatic hydroxyl groups is 1. The van der Waals surface area contributed by atoms with Crippen LogP contribution in [0, 0.1) is 0 Å². The molecule has 124 valence electrons.